The summed E-state index contributed by atoms with van der Waals surface area (Å²) in [6.45, 7) is 1.92. The van der Waals surface area contributed by atoms with Crippen LogP contribution in [0.15, 0.2) is 5.16 Å². The fourth-order valence-electron chi connectivity index (χ4n) is 4.72. The van der Waals surface area contributed by atoms with Gasteiger partial charge in [0.1, 0.15) is 0 Å². The second kappa shape index (κ2) is 12.3. The van der Waals surface area contributed by atoms with Crippen LogP contribution in [0.1, 0.15) is 110 Å². The summed E-state index contributed by atoms with van der Waals surface area (Å²) in [6.07, 6.45) is 19.0. The number of amides is 1. The van der Waals surface area contributed by atoms with E-state index < -0.39 is 0 Å². The van der Waals surface area contributed by atoms with Crippen LogP contribution < -0.4 is 5.32 Å². The van der Waals surface area contributed by atoms with Gasteiger partial charge in [0.05, 0.1) is 5.71 Å². The van der Waals surface area contributed by atoms with E-state index in [1.54, 1.807) is 0 Å². The normalized spacial score (nSPS) is 28.4. The maximum Gasteiger partial charge on any atom is 0.223 e. The first-order chi connectivity index (χ1) is 12.7. The van der Waals surface area contributed by atoms with Crippen LogP contribution in [-0.2, 0) is 4.79 Å². The Kier molecular flexibility index (Phi) is 10.1. The van der Waals surface area contributed by atoms with Gasteiger partial charge in [0.2, 0.25) is 5.91 Å². The molecule has 0 radical (unpaired) electrons. The molecule has 1 amide bonds. The summed E-state index contributed by atoms with van der Waals surface area (Å²) in [6, 6.07) is 0.393. The number of carbonyl (C=O) groups is 1. The highest BCUT2D eigenvalue weighted by molar-refractivity contribution is 5.83. The number of oxime groups is 1. The van der Waals surface area contributed by atoms with Crippen molar-refractivity contribution in [2.45, 2.75) is 116 Å². The second-order valence-corrected chi connectivity index (χ2v) is 8.61. The van der Waals surface area contributed by atoms with Crippen LogP contribution in [0, 0.1) is 11.8 Å². The van der Waals surface area contributed by atoms with Crippen molar-refractivity contribution in [1.82, 2.24) is 5.32 Å². The maximum absolute atomic E-state index is 12.9. The Bertz CT molecular complexity index is 426. The minimum Gasteiger partial charge on any atom is -0.411 e. The zero-order valence-corrected chi connectivity index (χ0v) is 16.8. The van der Waals surface area contributed by atoms with E-state index in [2.05, 4.69) is 10.5 Å². The van der Waals surface area contributed by atoms with E-state index >= 15 is 0 Å². The van der Waals surface area contributed by atoms with E-state index in [1.165, 1.54) is 44.9 Å². The number of nitrogens with one attached hydrogen (secondary N) is 1. The van der Waals surface area contributed by atoms with Crippen molar-refractivity contribution in [3.8, 4) is 0 Å². The molecule has 150 valence electrons. The third-order valence-corrected chi connectivity index (χ3v) is 6.53. The molecule has 2 rings (SSSR count). The summed E-state index contributed by atoms with van der Waals surface area (Å²) in [4.78, 5) is 12.9. The molecule has 2 atom stereocenters. The first-order valence-corrected chi connectivity index (χ1v) is 11.2. The van der Waals surface area contributed by atoms with Crippen molar-refractivity contribution < 1.29 is 10.0 Å². The Balaban J connectivity index is 1.82. The van der Waals surface area contributed by atoms with Gasteiger partial charge in [-0.3, -0.25) is 4.79 Å². The molecule has 2 aliphatic rings. The first-order valence-electron chi connectivity index (χ1n) is 11.2. The molecule has 26 heavy (non-hydrogen) atoms. The second-order valence-electron chi connectivity index (χ2n) is 8.61. The molecule has 0 bridgehead atoms. The van der Waals surface area contributed by atoms with Crippen LogP contribution in [0.4, 0.5) is 0 Å². The van der Waals surface area contributed by atoms with Gasteiger partial charge in [-0.05, 0) is 45.4 Å². The third-order valence-electron chi connectivity index (χ3n) is 6.53. The molecule has 0 saturated heterocycles. The van der Waals surface area contributed by atoms with Crippen LogP contribution >= 0.6 is 0 Å². The molecule has 0 aromatic carbocycles. The molecular weight excluding hydrogens is 324 g/mol. The lowest BCUT2D eigenvalue weighted by atomic mass is 9.92. The highest BCUT2D eigenvalue weighted by atomic mass is 16.4. The highest BCUT2D eigenvalue weighted by Crippen LogP contribution is 2.27. The van der Waals surface area contributed by atoms with Gasteiger partial charge in [0.15, 0.2) is 0 Å². The largest absolute Gasteiger partial charge is 0.411 e. The lowest BCUT2D eigenvalue weighted by Crippen LogP contribution is -2.39. The maximum atomic E-state index is 12.9. The molecule has 4 nitrogen and oxygen atoms in total. The van der Waals surface area contributed by atoms with Crippen molar-refractivity contribution in [2.24, 2.45) is 17.0 Å². The van der Waals surface area contributed by atoms with Crippen molar-refractivity contribution in [3.63, 3.8) is 0 Å². The summed E-state index contributed by atoms with van der Waals surface area (Å²) in [7, 11) is 0. The number of carbonyl (C=O) groups excluding carboxylic acids is 1. The predicted molar refractivity (Wildman–Crippen MR) is 108 cm³/mol. The standard InChI is InChI=1S/C22H40N2O2/c1-18(24-26)19-12-9-10-13-20(15-11-14-19)22(25)23-21-16-7-5-3-2-4-6-8-17-21/h19-21,26H,2-17H2,1H3,(H,23,25)/b24-18+. The van der Waals surface area contributed by atoms with E-state index in [1.807, 2.05) is 6.92 Å². The van der Waals surface area contributed by atoms with Gasteiger partial charge in [0.25, 0.3) is 0 Å². The van der Waals surface area contributed by atoms with Crippen LogP contribution in [0.2, 0.25) is 0 Å². The Labute approximate surface area is 160 Å². The number of nitrogens with zero attached hydrogens (tertiary/aromatic N) is 1. The van der Waals surface area contributed by atoms with Gasteiger partial charge in [-0.25, -0.2) is 0 Å². The van der Waals surface area contributed by atoms with Gasteiger partial charge in [0, 0.05) is 17.9 Å². The van der Waals surface area contributed by atoms with Crippen LogP contribution in [0.3, 0.4) is 0 Å². The summed E-state index contributed by atoms with van der Waals surface area (Å²) in [5.74, 6) is 0.869. The van der Waals surface area contributed by atoms with E-state index in [0.717, 1.165) is 63.5 Å². The Morgan fingerprint density at radius 1 is 0.731 bits per heavy atom. The van der Waals surface area contributed by atoms with Gasteiger partial charge in [-0.1, -0.05) is 69.4 Å². The number of hydrogen-bond acceptors (Lipinski definition) is 3. The quantitative estimate of drug-likeness (QED) is 0.376. The van der Waals surface area contributed by atoms with E-state index in [-0.39, 0.29) is 5.92 Å². The monoisotopic (exact) mass is 364 g/mol. The van der Waals surface area contributed by atoms with E-state index in [4.69, 9.17) is 5.21 Å². The molecule has 2 aliphatic carbocycles. The smallest absolute Gasteiger partial charge is 0.223 e. The summed E-state index contributed by atoms with van der Waals surface area (Å²) in [5, 5.41) is 15.9. The van der Waals surface area contributed by atoms with Gasteiger partial charge in [-0.15, -0.1) is 0 Å². The molecule has 4 heteroatoms. The molecular formula is C22H40N2O2. The van der Waals surface area contributed by atoms with Gasteiger partial charge in [-0.2, -0.15) is 0 Å². The summed E-state index contributed by atoms with van der Waals surface area (Å²) in [5.41, 5.74) is 0.856. The minimum absolute atomic E-state index is 0.176. The average molecular weight is 365 g/mol. The number of hydrogen-bond donors (Lipinski definition) is 2. The topological polar surface area (TPSA) is 61.7 Å². The van der Waals surface area contributed by atoms with Crippen LogP contribution in [0.25, 0.3) is 0 Å². The van der Waals surface area contributed by atoms with Crippen LogP contribution in [0.5, 0.6) is 0 Å². The Morgan fingerprint density at radius 3 is 1.81 bits per heavy atom. The third kappa shape index (κ3) is 7.67. The number of rotatable bonds is 3. The van der Waals surface area contributed by atoms with Gasteiger partial charge >= 0.3 is 0 Å². The predicted octanol–water partition coefficient (Wildman–Crippen LogP) is 5.82. The highest BCUT2D eigenvalue weighted by Gasteiger charge is 2.24. The SMILES string of the molecule is C/C(=N\O)C1CCCCC(C(=O)NC2CCCCCCCCC2)CCC1. The fraction of sp³-hybridized carbons (Fsp3) is 0.909. The van der Waals surface area contributed by atoms with Crippen molar-refractivity contribution in [1.29, 1.82) is 0 Å². The Morgan fingerprint density at radius 2 is 1.19 bits per heavy atom. The molecule has 0 aliphatic heterocycles. The average Bonchev–Trinajstić information content (AvgIpc) is 2.78. The zero-order valence-electron chi connectivity index (χ0n) is 16.8. The lowest BCUT2D eigenvalue weighted by molar-refractivity contribution is -0.126. The molecule has 2 N–H and O–H groups in total. The van der Waals surface area contributed by atoms with Crippen LogP contribution in [-0.4, -0.2) is 22.9 Å². The fourth-order valence-corrected chi connectivity index (χ4v) is 4.72. The van der Waals surface area contributed by atoms with Gasteiger partial charge < -0.3 is 10.5 Å². The molecule has 0 aromatic rings. The molecule has 0 spiro atoms. The molecule has 0 heterocycles. The summed E-state index contributed by atoms with van der Waals surface area (Å²) >= 11 is 0. The van der Waals surface area contributed by atoms with Crippen molar-refractivity contribution in [3.05, 3.63) is 0 Å². The molecule has 2 saturated carbocycles. The van der Waals surface area contributed by atoms with E-state index in [9.17, 15) is 4.79 Å². The minimum atomic E-state index is 0.176. The van der Waals surface area contributed by atoms with Crippen molar-refractivity contribution >= 4 is 11.6 Å². The van der Waals surface area contributed by atoms with Crippen molar-refractivity contribution in [2.75, 3.05) is 0 Å². The zero-order chi connectivity index (χ0) is 18.6. The summed E-state index contributed by atoms with van der Waals surface area (Å²) < 4.78 is 0. The first kappa shape index (κ1) is 21.2. The lowest BCUT2D eigenvalue weighted by Gasteiger charge is -2.23. The molecule has 2 fully saturated rings. The molecule has 0 aromatic heterocycles. The van der Waals surface area contributed by atoms with E-state index in [0.29, 0.717) is 17.9 Å². The molecule has 2 unspecified atom stereocenters. The Hall–Kier alpha value is -1.06.